The summed E-state index contributed by atoms with van der Waals surface area (Å²) in [5, 5.41) is 9.35. The molecule has 0 spiro atoms. The van der Waals surface area contributed by atoms with Crippen LogP contribution in [0.2, 0.25) is 0 Å². The van der Waals surface area contributed by atoms with Crippen LogP contribution in [-0.4, -0.2) is 16.5 Å². The van der Waals surface area contributed by atoms with Gasteiger partial charge in [-0.05, 0) is 31.5 Å². The third kappa shape index (κ3) is 3.40. The van der Waals surface area contributed by atoms with Gasteiger partial charge in [0.2, 0.25) is 0 Å². The van der Waals surface area contributed by atoms with Crippen molar-refractivity contribution in [2.24, 2.45) is 0 Å². The summed E-state index contributed by atoms with van der Waals surface area (Å²) in [7, 11) is 0. The average Bonchev–Trinajstić information content (AvgIpc) is 1.99. The highest BCUT2D eigenvalue weighted by molar-refractivity contribution is 5.88. The summed E-state index contributed by atoms with van der Waals surface area (Å²) in [4.78, 5) is 11.4. The predicted molar refractivity (Wildman–Crippen MR) is 51.4 cm³/mol. The molecule has 4 heteroatoms. The molecule has 1 rings (SSSR count). The first-order valence-electron chi connectivity index (χ1n) is 4.49. The molecule has 1 aromatic carbocycles. The summed E-state index contributed by atoms with van der Waals surface area (Å²) in [5.41, 5.74) is -1.26. The number of ketones is 1. The first kappa shape index (κ1) is 11.8. The smallest absolute Gasteiger partial charge is 0.168 e. The fraction of sp³-hybridized carbons (Fsp3) is 0.364. The van der Waals surface area contributed by atoms with E-state index < -0.39 is 23.0 Å². The molecule has 1 aromatic rings. The lowest BCUT2D eigenvalue weighted by Crippen LogP contribution is -2.32. The highest BCUT2D eigenvalue weighted by Crippen LogP contribution is 2.12. The van der Waals surface area contributed by atoms with Gasteiger partial charge in [0.25, 0.3) is 0 Å². The second-order valence-corrected chi connectivity index (χ2v) is 3.94. The predicted octanol–water partition coefficient (Wildman–Crippen LogP) is 1.85. The second kappa shape index (κ2) is 4.06. The molecule has 0 heterocycles. The minimum atomic E-state index is -1.48. The van der Waals surface area contributed by atoms with Crippen molar-refractivity contribution in [2.45, 2.75) is 25.9 Å². The molecule has 2 nitrogen and oxygen atoms in total. The lowest BCUT2D eigenvalue weighted by atomic mass is 9.97. The number of hydrogen-bond donors (Lipinski definition) is 1. The number of halogens is 2. The SMILES string of the molecule is CC(C)(O)C(=O)Cc1cc(F)cc(F)c1. The van der Waals surface area contributed by atoms with E-state index in [2.05, 4.69) is 0 Å². The van der Waals surface area contributed by atoms with E-state index in [4.69, 9.17) is 0 Å². The van der Waals surface area contributed by atoms with Crippen molar-refractivity contribution in [1.82, 2.24) is 0 Å². The third-order valence-electron chi connectivity index (χ3n) is 1.97. The molecule has 82 valence electrons. The van der Waals surface area contributed by atoms with Gasteiger partial charge in [0.15, 0.2) is 5.78 Å². The van der Waals surface area contributed by atoms with Crippen LogP contribution in [-0.2, 0) is 11.2 Å². The van der Waals surface area contributed by atoms with Gasteiger partial charge in [-0.1, -0.05) is 0 Å². The van der Waals surface area contributed by atoms with Crippen LogP contribution < -0.4 is 0 Å². The van der Waals surface area contributed by atoms with Crippen molar-refractivity contribution in [2.75, 3.05) is 0 Å². The van der Waals surface area contributed by atoms with Crippen LogP contribution >= 0.6 is 0 Å². The van der Waals surface area contributed by atoms with Crippen LogP contribution in [0.5, 0.6) is 0 Å². The van der Waals surface area contributed by atoms with Crippen LogP contribution in [0.4, 0.5) is 8.78 Å². The lowest BCUT2D eigenvalue weighted by molar-refractivity contribution is -0.133. The molecule has 0 atom stereocenters. The monoisotopic (exact) mass is 214 g/mol. The Labute approximate surface area is 86.5 Å². The van der Waals surface area contributed by atoms with E-state index in [1.54, 1.807) is 0 Å². The molecule has 0 bridgehead atoms. The fourth-order valence-electron chi connectivity index (χ4n) is 1.11. The molecule has 0 unspecified atom stereocenters. The quantitative estimate of drug-likeness (QED) is 0.833. The van der Waals surface area contributed by atoms with Crippen molar-refractivity contribution in [3.05, 3.63) is 35.4 Å². The van der Waals surface area contributed by atoms with E-state index in [0.29, 0.717) is 0 Å². The van der Waals surface area contributed by atoms with Crippen molar-refractivity contribution < 1.29 is 18.7 Å². The van der Waals surface area contributed by atoms with E-state index in [1.165, 1.54) is 13.8 Å². The Bertz CT molecular complexity index is 360. The molecule has 0 amide bonds. The summed E-state index contributed by atoms with van der Waals surface area (Å²) in [5.74, 6) is -1.94. The number of carbonyl (C=O) groups is 1. The van der Waals surface area contributed by atoms with Crippen molar-refractivity contribution in [1.29, 1.82) is 0 Å². The molecular weight excluding hydrogens is 202 g/mol. The molecule has 0 aromatic heterocycles. The zero-order chi connectivity index (χ0) is 11.6. The Balaban J connectivity index is 2.86. The van der Waals surface area contributed by atoms with Crippen LogP contribution in [0.25, 0.3) is 0 Å². The Morgan fingerprint density at radius 2 is 1.73 bits per heavy atom. The first-order chi connectivity index (χ1) is 6.79. The van der Waals surface area contributed by atoms with Gasteiger partial charge >= 0.3 is 0 Å². The van der Waals surface area contributed by atoms with Crippen LogP contribution in [0.15, 0.2) is 18.2 Å². The molecular formula is C11H12F2O2. The topological polar surface area (TPSA) is 37.3 Å². The Hall–Kier alpha value is -1.29. The highest BCUT2D eigenvalue weighted by atomic mass is 19.1. The van der Waals surface area contributed by atoms with Gasteiger partial charge in [-0.2, -0.15) is 0 Å². The largest absolute Gasteiger partial charge is 0.383 e. The van der Waals surface area contributed by atoms with E-state index >= 15 is 0 Å². The minimum Gasteiger partial charge on any atom is -0.383 e. The summed E-state index contributed by atoms with van der Waals surface area (Å²) in [6, 6.07) is 2.89. The van der Waals surface area contributed by atoms with Gasteiger partial charge in [0.05, 0.1) is 0 Å². The van der Waals surface area contributed by atoms with Gasteiger partial charge in [-0.25, -0.2) is 8.78 Å². The number of carbonyl (C=O) groups excluding carboxylic acids is 1. The normalized spacial score (nSPS) is 11.5. The standard InChI is InChI=1S/C11H12F2O2/c1-11(2,15)10(14)5-7-3-8(12)6-9(13)4-7/h3-4,6,15H,5H2,1-2H3. The summed E-state index contributed by atoms with van der Waals surface area (Å²) in [6.45, 7) is 2.68. The van der Waals surface area contributed by atoms with Crippen molar-refractivity contribution >= 4 is 5.78 Å². The third-order valence-corrected chi connectivity index (χ3v) is 1.97. The molecule has 0 radical (unpaired) electrons. The second-order valence-electron chi connectivity index (χ2n) is 3.94. The molecule has 0 saturated carbocycles. The minimum absolute atomic E-state index is 0.182. The van der Waals surface area contributed by atoms with Gasteiger partial charge in [-0.15, -0.1) is 0 Å². The molecule has 0 saturated heterocycles. The van der Waals surface area contributed by atoms with E-state index in [1.807, 2.05) is 0 Å². The molecule has 0 aliphatic heterocycles. The van der Waals surface area contributed by atoms with Crippen LogP contribution in [0.3, 0.4) is 0 Å². The van der Waals surface area contributed by atoms with Crippen molar-refractivity contribution in [3.8, 4) is 0 Å². The summed E-state index contributed by atoms with van der Waals surface area (Å²) in [6.07, 6.45) is -0.182. The molecule has 0 aliphatic rings. The van der Waals surface area contributed by atoms with Crippen LogP contribution in [0, 0.1) is 11.6 Å². The molecule has 0 aliphatic carbocycles. The zero-order valence-corrected chi connectivity index (χ0v) is 8.55. The maximum atomic E-state index is 12.8. The molecule has 1 N–H and O–H groups in total. The Morgan fingerprint density at radius 1 is 1.27 bits per heavy atom. The fourth-order valence-corrected chi connectivity index (χ4v) is 1.11. The summed E-state index contributed by atoms with van der Waals surface area (Å²) < 4.78 is 25.5. The summed E-state index contributed by atoms with van der Waals surface area (Å²) >= 11 is 0. The first-order valence-corrected chi connectivity index (χ1v) is 4.49. The number of aliphatic hydroxyl groups is 1. The van der Waals surface area contributed by atoms with Gasteiger partial charge in [0.1, 0.15) is 17.2 Å². The Morgan fingerprint density at radius 3 is 2.13 bits per heavy atom. The van der Waals surface area contributed by atoms with Gasteiger partial charge in [-0.3, -0.25) is 4.79 Å². The highest BCUT2D eigenvalue weighted by Gasteiger charge is 2.23. The van der Waals surface area contributed by atoms with Gasteiger partial charge in [0, 0.05) is 12.5 Å². The number of rotatable bonds is 3. The zero-order valence-electron chi connectivity index (χ0n) is 8.55. The van der Waals surface area contributed by atoms with Crippen molar-refractivity contribution in [3.63, 3.8) is 0 Å². The van der Waals surface area contributed by atoms with Gasteiger partial charge < -0.3 is 5.11 Å². The van der Waals surface area contributed by atoms with E-state index in [0.717, 1.165) is 18.2 Å². The molecule has 15 heavy (non-hydrogen) atoms. The van der Waals surface area contributed by atoms with E-state index in [-0.39, 0.29) is 12.0 Å². The average molecular weight is 214 g/mol. The van der Waals surface area contributed by atoms with Crippen LogP contribution in [0.1, 0.15) is 19.4 Å². The Kier molecular flexibility index (Phi) is 3.19. The molecule has 0 fully saturated rings. The number of benzene rings is 1. The lowest BCUT2D eigenvalue weighted by Gasteiger charge is -2.15. The number of hydrogen-bond acceptors (Lipinski definition) is 2. The van der Waals surface area contributed by atoms with E-state index in [9.17, 15) is 18.7 Å². The maximum Gasteiger partial charge on any atom is 0.168 e. The maximum absolute atomic E-state index is 12.8. The number of Topliss-reactive ketones (excluding diaryl/α,β-unsaturated/α-hetero) is 1.